The fourth-order valence-electron chi connectivity index (χ4n) is 2.65. The maximum Gasteiger partial charge on any atom is 0.161 e. The van der Waals surface area contributed by atoms with Gasteiger partial charge in [0.05, 0.1) is 0 Å². The monoisotopic (exact) mass is 315 g/mol. The van der Waals surface area contributed by atoms with E-state index in [1.165, 1.54) is 0 Å². The zero-order valence-corrected chi connectivity index (χ0v) is 13.5. The van der Waals surface area contributed by atoms with Crippen LogP contribution < -0.4 is 5.32 Å². The smallest absolute Gasteiger partial charge is 0.161 e. The van der Waals surface area contributed by atoms with E-state index in [1.54, 1.807) is 12.4 Å². The van der Waals surface area contributed by atoms with Gasteiger partial charge in [-0.2, -0.15) is 0 Å². The highest BCUT2D eigenvalue weighted by molar-refractivity contribution is 5.84. The minimum absolute atomic E-state index is 0.700. The Hall–Kier alpha value is -3.21. The van der Waals surface area contributed by atoms with Crippen LogP contribution in [0.25, 0.3) is 22.3 Å². The summed E-state index contributed by atoms with van der Waals surface area (Å²) in [6.07, 6.45) is 5.44. The lowest BCUT2D eigenvalue weighted by Gasteiger charge is -2.12. The molecule has 24 heavy (non-hydrogen) atoms. The largest absolute Gasteiger partial charge is 0.361 e. The Morgan fingerprint density at radius 1 is 0.958 bits per heavy atom. The summed E-state index contributed by atoms with van der Waals surface area (Å²) in [6, 6.07) is 12.1. The first kappa shape index (κ1) is 14.4. The molecule has 0 spiro atoms. The quantitative estimate of drug-likeness (QED) is 0.589. The van der Waals surface area contributed by atoms with Crippen LogP contribution in [-0.2, 0) is 0 Å². The van der Waals surface area contributed by atoms with Crippen LogP contribution >= 0.6 is 0 Å². The van der Waals surface area contributed by atoms with Gasteiger partial charge in [0.1, 0.15) is 5.82 Å². The Balaban J connectivity index is 1.75. The second-order valence-electron chi connectivity index (χ2n) is 5.75. The van der Waals surface area contributed by atoms with E-state index in [2.05, 4.69) is 38.5 Å². The van der Waals surface area contributed by atoms with Crippen LogP contribution in [-0.4, -0.2) is 19.9 Å². The fraction of sp³-hybridized carbons (Fsp3) is 0.105. The molecule has 0 saturated heterocycles. The lowest BCUT2D eigenvalue weighted by atomic mass is 10.2. The van der Waals surface area contributed by atoms with Crippen LogP contribution in [0.4, 0.5) is 11.5 Å². The topological polar surface area (TPSA) is 66.5 Å². The number of hydrogen-bond donors (Lipinski definition) is 2. The first-order valence-corrected chi connectivity index (χ1v) is 7.80. The van der Waals surface area contributed by atoms with Crippen molar-refractivity contribution in [3.8, 4) is 11.4 Å². The number of aryl methyl sites for hydroxylation is 1. The zero-order valence-electron chi connectivity index (χ0n) is 13.5. The van der Waals surface area contributed by atoms with Gasteiger partial charge in [0, 0.05) is 52.0 Å². The third-order valence-electron chi connectivity index (χ3n) is 4.14. The molecular formula is C19H17N5. The van der Waals surface area contributed by atoms with Gasteiger partial charge >= 0.3 is 0 Å². The second-order valence-corrected chi connectivity index (χ2v) is 5.75. The Labute approximate surface area is 139 Å². The minimum Gasteiger partial charge on any atom is -0.361 e. The van der Waals surface area contributed by atoms with Crippen LogP contribution in [0, 0.1) is 13.8 Å². The summed E-state index contributed by atoms with van der Waals surface area (Å²) >= 11 is 0. The molecule has 3 heterocycles. The fourth-order valence-corrected chi connectivity index (χ4v) is 2.65. The van der Waals surface area contributed by atoms with Crippen molar-refractivity contribution < 1.29 is 0 Å². The highest BCUT2D eigenvalue weighted by Crippen LogP contribution is 2.26. The molecule has 1 aromatic carbocycles. The van der Waals surface area contributed by atoms with Gasteiger partial charge in [-0.25, -0.2) is 9.97 Å². The number of rotatable bonds is 3. The highest BCUT2D eigenvalue weighted by Gasteiger charge is 2.10. The summed E-state index contributed by atoms with van der Waals surface area (Å²) in [4.78, 5) is 16.6. The first-order chi connectivity index (χ1) is 11.7. The molecule has 4 aromatic rings. The number of nitrogens with zero attached hydrogens (tertiary/aromatic N) is 3. The Morgan fingerprint density at radius 3 is 2.62 bits per heavy atom. The van der Waals surface area contributed by atoms with E-state index < -0.39 is 0 Å². The molecule has 0 radical (unpaired) electrons. The molecule has 2 N–H and O–H groups in total. The molecule has 0 fully saturated rings. The van der Waals surface area contributed by atoms with Crippen molar-refractivity contribution >= 4 is 22.4 Å². The molecule has 0 unspecified atom stereocenters. The molecule has 0 aliphatic rings. The van der Waals surface area contributed by atoms with Gasteiger partial charge in [0.15, 0.2) is 5.82 Å². The van der Waals surface area contributed by atoms with E-state index in [4.69, 9.17) is 4.98 Å². The van der Waals surface area contributed by atoms with Crippen LogP contribution in [0.3, 0.4) is 0 Å². The number of anilines is 2. The summed E-state index contributed by atoms with van der Waals surface area (Å²) in [5.74, 6) is 1.52. The van der Waals surface area contributed by atoms with Gasteiger partial charge in [-0.05, 0) is 50.2 Å². The molecular weight excluding hydrogens is 298 g/mol. The number of fused-ring (bicyclic) bond motifs is 1. The third-order valence-corrected chi connectivity index (χ3v) is 4.14. The van der Waals surface area contributed by atoms with Crippen molar-refractivity contribution in [2.45, 2.75) is 13.8 Å². The Morgan fingerprint density at radius 2 is 1.79 bits per heavy atom. The number of aromatic amines is 1. The normalized spacial score (nSPS) is 10.9. The maximum atomic E-state index is 4.71. The van der Waals surface area contributed by atoms with Crippen LogP contribution in [0.15, 0.2) is 55.0 Å². The molecule has 5 heteroatoms. The molecule has 4 rings (SSSR count). The molecule has 0 aliphatic carbocycles. The average Bonchev–Trinajstić information content (AvgIpc) is 3.07. The van der Waals surface area contributed by atoms with E-state index in [-0.39, 0.29) is 0 Å². The van der Waals surface area contributed by atoms with Crippen molar-refractivity contribution in [1.82, 2.24) is 19.9 Å². The van der Waals surface area contributed by atoms with E-state index in [9.17, 15) is 0 Å². The third kappa shape index (κ3) is 2.60. The lowest BCUT2D eigenvalue weighted by Crippen LogP contribution is -2.03. The molecule has 0 saturated carbocycles. The van der Waals surface area contributed by atoms with Gasteiger partial charge in [0.2, 0.25) is 0 Å². The standard InChI is InChI=1S/C19H17N5/c1-12-13(2)22-19(14-5-8-20-9-6-14)24-18(12)23-16-3-4-17-15(11-16)7-10-21-17/h3-11,21H,1-2H3,(H,22,23,24). The molecule has 0 aliphatic heterocycles. The van der Waals surface area contributed by atoms with E-state index in [0.717, 1.165) is 39.2 Å². The van der Waals surface area contributed by atoms with Crippen molar-refractivity contribution in [2.24, 2.45) is 0 Å². The van der Waals surface area contributed by atoms with Gasteiger partial charge in [0.25, 0.3) is 0 Å². The summed E-state index contributed by atoms with van der Waals surface area (Å²) in [6.45, 7) is 4.03. The van der Waals surface area contributed by atoms with Crippen molar-refractivity contribution in [2.75, 3.05) is 5.32 Å². The van der Waals surface area contributed by atoms with Crippen LogP contribution in [0.1, 0.15) is 11.3 Å². The predicted octanol–water partition coefficient (Wildman–Crippen LogP) is 4.38. The number of benzene rings is 1. The molecule has 3 aromatic heterocycles. The molecule has 0 bridgehead atoms. The van der Waals surface area contributed by atoms with Gasteiger partial charge in [-0.3, -0.25) is 4.98 Å². The Bertz CT molecular complexity index is 1000. The summed E-state index contributed by atoms with van der Waals surface area (Å²) in [5.41, 5.74) is 5.08. The van der Waals surface area contributed by atoms with Gasteiger partial charge in [-0.15, -0.1) is 0 Å². The van der Waals surface area contributed by atoms with E-state index in [0.29, 0.717) is 5.82 Å². The minimum atomic E-state index is 0.700. The summed E-state index contributed by atoms with van der Waals surface area (Å²) < 4.78 is 0. The van der Waals surface area contributed by atoms with Crippen molar-refractivity contribution in [3.05, 3.63) is 66.2 Å². The molecule has 5 nitrogen and oxygen atoms in total. The van der Waals surface area contributed by atoms with E-state index >= 15 is 0 Å². The van der Waals surface area contributed by atoms with E-state index in [1.807, 2.05) is 38.2 Å². The van der Waals surface area contributed by atoms with Gasteiger partial charge < -0.3 is 10.3 Å². The average molecular weight is 315 g/mol. The maximum absolute atomic E-state index is 4.71. The van der Waals surface area contributed by atoms with Crippen molar-refractivity contribution in [3.63, 3.8) is 0 Å². The number of pyridine rings is 1. The Kier molecular flexibility index (Phi) is 3.46. The second kappa shape index (κ2) is 5.77. The molecule has 0 atom stereocenters. The number of aromatic nitrogens is 4. The number of H-pyrrole nitrogens is 1. The van der Waals surface area contributed by atoms with Crippen LogP contribution in [0.2, 0.25) is 0 Å². The predicted molar refractivity (Wildman–Crippen MR) is 96.3 cm³/mol. The zero-order chi connectivity index (χ0) is 16.5. The van der Waals surface area contributed by atoms with Gasteiger partial charge in [-0.1, -0.05) is 0 Å². The number of hydrogen-bond acceptors (Lipinski definition) is 4. The lowest BCUT2D eigenvalue weighted by molar-refractivity contribution is 1.07. The van der Waals surface area contributed by atoms with Crippen molar-refractivity contribution in [1.29, 1.82) is 0 Å². The molecule has 0 amide bonds. The van der Waals surface area contributed by atoms with Crippen LogP contribution in [0.5, 0.6) is 0 Å². The summed E-state index contributed by atoms with van der Waals surface area (Å²) in [5, 5.41) is 4.59. The molecule has 118 valence electrons. The first-order valence-electron chi connectivity index (χ1n) is 7.80. The number of nitrogens with one attached hydrogen (secondary N) is 2. The SMILES string of the molecule is Cc1nc(-c2ccncc2)nc(Nc2ccc3[nH]ccc3c2)c1C. The summed E-state index contributed by atoms with van der Waals surface area (Å²) in [7, 11) is 0. The highest BCUT2D eigenvalue weighted by atomic mass is 15.0.